The van der Waals surface area contributed by atoms with Crippen LogP contribution in [0.3, 0.4) is 0 Å². The van der Waals surface area contributed by atoms with E-state index >= 15 is 0 Å². The zero-order valence-corrected chi connectivity index (χ0v) is 19.2. The normalized spacial score (nSPS) is 11.4. The molecule has 3 heterocycles. The molecule has 0 aliphatic carbocycles. The summed E-state index contributed by atoms with van der Waals surface area (Å²) >= 11 is 0. The number of nitrogens with zero attached hydrogens (tertiary/aromatic N) is 5. The lowest BCUT2D eigenvalue weighted by Gasteiger charge is -2.12. The van der Waals surface area contributed by atoms with Crippen LogP contribution in [0.4, 0.5) is 5.69 Å². The minimum absolute atomic E-state index is 0.0261. The van der Waals surface area contributed by atoms with Crippen molar-refractivity contribution in [3.8, 4) is 0 Å². The van der Waals surface area contributed by atoms with Crippen LogP contribution in [0.25, 0.3) is 21.9 Å². The highest BCUT2D eigenvalue weighted by Crippen LogP contribution is 2.27. The van der Waals surface area contributed by atoms with Gasteiger partial charge in [-0.2, -0.15) is 4.98 Å². The maximum absolute atomic E-state index is 13.5. The first-order valence-corrected chi connectivity index (χ1v) is 11.1. The summed E-state index contributed by atoms with van der Waals surface area (Å²) in [5.74, 6) is 0.585. The average Bonchev–Trinajstić information content (AvgIpc) is 3.37. The molecule has 1 N–H and O–H groups in total. The first-order chi connectivity index (χ1) is 16.4. The molecule has 0 radical (unpaired) electrons. The smallest absolute Gasteiger partial charge is 0.278 e. The third kappa shape index (κ3) is 3.85. The molecule has 0 aliphatic heterocycles. The average molecular weight is 457 g/mol. The molecule has 0 fully saturated rings. The molecule has 9 nitrogen and oxygen atoms in total. The summed E-state index contributed by atoms with van der Waals surface area (Å²) in [7, 11) is 0. The number of fused-ring (bicyclic) bond motifs is 3. The van der Waals surface area contributed by atoms with Crippen molar-refractivity contribution in [3.05, 3.63) is 82.0 Å². The number of carbonyl (C=O) groups is 1. The minimum Gasteiger partial charge on any atom is -0.337 e. The fourth-order valence-corrected chi connectivity index (χ4v) is 4.22. The van der Waals surface area contributed by atoms with Gasteiger partial charge in [0.05, 0.1) is 11.8 Å². The second-order valence-corrected chi connectivity index (χ2v) is 8.28. The van der Waals surface area contributed by atoms with Crippen molar-refractivity contribution in [2.75, 3.05) is 5.32 Å². The SMILES string of the molecule is CCc1ccccc1NC(=O)Cn1c2ccc(C)cc2c2ncn(Cc3nc(C)no3)c(=O)c21. The van der Waals surface area contributed by atoms with E-state index in [2.05, 4.69) is 20.4 Å². The Morgan fingerprint density at radius 2 is 1.97 bits per heavy atom. The zero-order valence-electron chi connectivity index (χ0n) is 19.2. The molecule has 0 saturated carbocycles. The summed E-state index contributed by atoms with van der Waals surface area (Å²) in [6, 6.07) is 13.6. The number of amides is 1. The summed E-state index contributed by atoms with van der Waals surface area (Å²) in [6.07, 6.45) is 2.28. The van der Waals surface area contributed by atoms with Crippen molar-refractivity contribution in [2.45, 2.75) is 40.3 Å². The van der Waals surface area contributed by atoms with Gasteiger partial charge in [0, 0.05) is 11.1 Å². The molecule has 34 heavy (non-hydrogen) atoms. The number of aryl methyl sites for hydroxylation is 3. The van der Waals surface area contributed by atoms with E-state index in [1.54, 1.807) is 11.5 Å². The molecule has 172 valence electrons. The van der Waals surface area contributed by atoms with Gasteiger partial charge in [0.2, 0.25) is 11.8 Å². The summed E-state index contributed by atoms with van der Waals surface area (Å²) < 4.78 is 8.33. The van der Waals surface area contributed by atoms with Crippen LogP contribution in [0.1, 0.15) is 29.8 Å². The third-order valence-electron chi connectivity index (χ3n) is 5.83. The van der Waals surface area contributed by atoms with E-state index in [1.807, 2.05) is 56.3 Å². The third-order valence-corrected chi connectivity index (χ3v) is 5.83. The predicted octanol–water partition coefficient (Wildman–Crippen LogP) is 3.60. The van der Waals surface area contributed by atoms with Crippen LogP contribution in [0.2, 0.25) is 0 Å². The maximum atomic E-state index is 13.5. The van der Waals surface area contributed by atoms with Crippen molar-refractivity contribution in [3.63, 3.8) is 0 Å². The van der Waals surface area contributed by atoms with Crippen molar-refractivity contribution in [1.82, 2.24) is 24.3 Å². The Balaban J connectivity index is 1.60. The van der Waals surface area contributed by atoms with Gasteiger partial charge < -0.3 is 14.4 Å². The molecule has 0 unspecified atom stereocenters. The van der Waals surface area contributed by atoms with Gasteiger partial charge in [0.15, 0.2) is 5.82 Å². The molecule has 9 heteroatoms. The fraction of sp³-hybridized carbons (Fsp3) is 0.240. The molecule has 5 rings (SSSR count). The van der Waals surface area contributed by atoms with Gasteiger partial charge >= 0.3 is 0 Å². The van der Waals surface area contributed by atoms with Crippen molar-refractivity contribution >= 4 is 33.5 Å². The second-order valence-electron chi connectivity index (χ2n) is 8.28. The van der Waals surface area contributed by atoms with Crippen LogP contribution in [0.5, 0.6) is 0 Å². The molecule has 2 aromatic carbocycles. The van der Waals surface area contributed by atoms with Crippen LogP contribution in [-0.2, 0) is 24.3 Å². The Bertz CT molecular complexity index is 1590. The lowest BCUT2D eigenvalue weighted by molar-refractivity contribution is -0.116. The Hall–Kier alpha value is -4.27. The summed E-state index contributed by atoms with van der Waals surface area (Å²) in [6.45, 7) is 5.81. The van der Waals surface area contributed by atoms with Crippen molar-refractivity contribution in [2.24, 2.45) is 0 Å². The van der Waals surface area contributed by atoms with Crippen LogP contribution >= 0.6 is 0 Å². The molecule has 0 bridgehead atoms. The lowest BCUT2D eigenvalue weighted by atomic mass is 10.1. The van der Waals surface area contributed by atoms with Crippen molar-refractivity contribution < 1.29 is 9.32 Å². The number of rotatable bonds is 6. The summed E-state index contributed by atoms with van der Waals surface area (Å²) in [4.78, 5) is 35.4. The number of hydrogen-bond donors (Lipinski definition) is 1. The second kappa shape index (κ2) is 8.58. The number of hydrogen-bond acceptors (Lipinski definition) is 6. The topological polar surface area (TPSA) is 108 Å². The van der Waals surface area contributed by atoms with Gasteiger partial charge in [0.1, 0.15) is 24.1 Å². The van der Waals surface area contributed by atoms with E-state index in [4.69, 9.17) is 4.52 Å². The molecule has 3 aromatic heterocycles. The monoisotopic (exact) mass is 456 g/mol. The Labute approximate surface area is 195 Å². The Morgan fingerprint density at radius 3 is 2.74 bits per heavy atom. The molecule has 0 aliphatic rings. The number of para-hydroxylation sites is 1. The number of aromatic nitrogens is 5. The van der Waals surface area contributed by atoms with Crippen LogP contribution in [0, 0.1) is 13.8 Å². The van der Waals surface area contributed by atoms with Crippen LogP contribution in [-0.4, -0.2) is 30.2 Å². The van der Waals surface area contributed by atoms with Gasteiger partial charge in [-0.25, -0.2) is 4.98 Å². The van der Waals surface area contributed by atoms with E-state index in [0.29, 0.717) is 22.7 Å². The number of benzene rings is 2. The minimum atomic E-state index is -0.281. The molecular weight excluding hydrogens is 432 g/mol. The Kier molecular flexibility index (Phi) is 5.45. The highest BCUT2D eigenvalue weighted by atomic mass is 16.5. The van der Waals surface area contributed by atoms with E-state index < -0.39 is 0 Å². The highest BCUT2D eigenvalue weighted by molar-refractivity contribution is 6.06. The van der Waals surface area contributed by atoms with Crippen molar-refractivity contribution in [1.29, 1.82) is 0 Å². The van der Waals surface area contributed by atoms with Gasteiger partial charge in [-0.3, -0.25) is 14.2 Å². The molecule has 0 atom stereocenters. The van der Waals surface area contributed by atoms with Gasteiger partial charge in [-0.05, 0) is 44.0 Å². The Morgan fingerprint density at radius 1 is 1.15 bits per heavy atom. The standard InChI is InChI=1S/C25H24N6O3/c1-4-17-7-5-6-8-19(17)28-21(32)12-31-20-10-9-15(2)11-18(20)23-24(31)25(33)30(14-26-23)13-22-27-16(3)29-34-22/h5-11,14H,4,12-13H2,1-3H3,(H,28,32). The highest BCUT2D eigenvalue weighted by Gasteiger charge is 2.19. The molecule has 0 saturated heterocycles. The number of anilines is 1. The largest absolute Gasteiger partial charge is 0.337 e. The van der Waals surface area contributed by atoms with E-state index in [9.17, 15) is 9.59 Å². The zero-order chi connectivity index (χ0) is 23.8. The summed E-state index contributed by atoms with van der Waals surface area (Å²) in [5, 5.41) is 7.60. The molecule has 1 amide bonds. The number of carbonyl (C=O) groups excluding carboxylic acids is 1. The van der Waals surface area contributed by atoms with Gasteiger partial charge in [0.25, 0.3) is 5.56 Å². The van der Waals surface area contributed by atoms with E-state index in [0.717, 1.165) is 34.1 Å². The quantitative estimate of drug-likeness (QED) is 0.418. The van der Waals surface area contributed by atoms with Gasteiger partial charge in [-0.1, -0.05) is 41.9 Å². The lowest BCUT2D eigenvalue weighted by Crippen LogP contribution is -2.25. The van der Waals surface area contributed by atoms with Crippen LogP contribution in [0.15, 0.2) is 58.1 Å². The molecule has 0 spiro atoms. The molecular formula is C25H24N6O3. The fourth-order valence-electron chi connectivity index (χ4n) is 4.22. The van der Waals surface area contributed by atoms with Crippen LogP contribution < -0.4 is 10.9 Å². The maximum Gasteiger partial charge on any atom is 0.278 e. The molecule has 5 aromatic rings. The van der Waals surface area contributed by atoms with Gasteiger partial charge in [-0.15, -0.1) is 0 Å². The first-order valence-electron chi connectivity index (χ1n) is 11.1. The summed E-state index contributed by atoms with van der Waals surface area (Å²) in [5.41, 5.74) is 4.27. The number of nitrogens with one attached hydrogen (secondary N) is 1. The predicted molar refractivity (Wildman–Crippen MR) is 129 cm³/mol. The first kappa shape index (κ1) is 21.6. The van der Waals surface area contributed by atoms with E-state index in [1.165, 1.54) is 10.9 Å². The van der Waals surface area contributed by atoms with E-state index in [-0.39, 0.29) is 24.6 Å².